The monoisotopic (exact) mass is 623 g/mol. The van der Waals surface area contributed by atoms with Crippen molar-refractivity contribution in [1.29, 1.82) is 0 Å². The third kappa shape index (κ3) is 49.5. The molecule has 0 atom stereocenters. The quantitative estimate of drug-likeness (QED) is 0.270. The van der Waals surface area contributed by atoms with Gasteiger partial charge < -0.3 is 0 Å². The van der Waals surface area contributed by atoms with Gasteiger partial charge in [-0.3, -0.25) is 0 Å². The Labute approximate surface area is 138 Å². The van der Waals surface area contributed by atoms with E-state index in [4.69, 9.17) is 6.65 Å². The first-order valence-electron chi connectivity index (χ1n) is 0.493. The molecule has 0 aromatic carbocycles. The molecule has 0 bridgehead atoms. The zero-order valence-electron chi connectivity index (χ0n) is 3.03. The largest absolute Gasteiger partial charge is 0 e. The minimum atomic E-state index is 0. The first-order valence-corrected chi connectivity index (χ1v) is 2.87. The topological polar surface area (TPSA) is 34.1 Å². The van der Waals surface area contributed by atoms with Crippen LogP contribution in [0.25, 0.3) is 0 Å². The van der Waals surface area contributed by atoms with Gasteiger partial charge >= 0.3 is 99.1 Å². The summed E-state index contributed by atoms with van der Waals surface area (Å²) in [5.41, 5.74) is 0. The fourth-order valence-corrected chi connectivity index (χ4v) is 0. The van der Waals surface area contributed by atoms with Gasteiger partial charge in [-0.25, -0.2) is 0 Å². The Balaban J connectivity index is -0.00000000167. The molecule has 0 amide bonds. The summed E-state index contributed by atoms with van der Waals surface area (Å²) >= 11 is 0.425. The molecule has 0 unspecified atom stereocenters. The summed E-state index contributed by atoms with van der Waals surface area (Å²) in [6.45, 7) is 0. The molecule has 8 heavy (non-hydrogen) atoms. The van der Waals surface area contributed by atoms with Crippen LogP contribution in [-0.2, 0) is 66.8 Å². The second-order valence-electron chi connectivity index (χ2n) is 0. The number of rotatable bonds is 0. The van der Waals surface area contributed by atoms with E-state index in [2.05, 4.69) is 0 Å². The Morgan fingerprint density at radius 1 is 1.00 bits per heavy atom. The minimum absolute atomic E-state index is 0. The Bertz CT molecular complexity index is 20.0. The molecule has 0 aromatic rings. The van der Waals surface area contributed by atoms with Crippen molar-refractivity contribution in [2.45, 2.75) is 0 Å². The van der Waals surface area contributed by atoms with Crippen LogP contribution in [-0.4, -0.2) is 74.2 Å². The standard InChI is InChI=1S/Ag.2In.2O.Sn.2Zn.6H. The third-order valence-corrected chi connectivity index (χ3v) is 0. The Hall–Kier alpha value is 4.13. The van der Waals surface area contributed by atoms with E-state index in [-0.39, 0.29) is 112 Å². The molecular formula is H6AgIn2O2SnZn2. The molecule has 8 heteroatoms. The van der Waals surface area contributed by atoms with Crippen LogP contribution >= 0.6 is 0 Å². The summed E-state index contributed by atoms with van der Waals surface area (Å²) in [5.74, 6) is 0. The van der Waals surface area contributed by atoms with Gasteiger partial charge in [-0.05, 0) is 0 Å². The van der Waals surface area contributed by atoms with Gasteiger partial charge in [0.15, 0.2) is 0 Å². The van der Waals surface area contributed by atoms with Crippen molar-refractivity contribution in [1.82, 2.24) is 0 Å². The average Bonchev–Trinajstić information content (AvgIpc) is 1.50. The predicted octanol–water partition coefficient (Wildman–Crippen LogP) is -2.99. The fraction of sp³-hybridized carbons (Fsp3) is 0. The summed E-state index contributed by atoms with van der Waals surface area (Å²) in [6, 6.07) is 0. The number of hydrogen-bond donors (Lipinski definition) is 0. The van der Waals surface area contributed by atoms with Gasteiger partial charge in [-0.2, -0.15) is 0 Å². The normalized spacial score (nSPS) is 1.25. The van der Waals surface area contributed by atoms with Crippen LogP contribution in [0.4, 0.5) is 0 Å². The predicted molar refractivity (Wildman–Crippen MR) is 27.0 cm³/mol. The van der Waals surface area contributed by atoms with Gasteiger partial charge in [0.2, 0.25) is 0 Å². The van der Waals surface area contributed by atoms with Gasteiger partial charge in [0.05, 0.1) is 0 Å². The molecule has 0 aliphatic carbocycles. The van der Waals surface area contributed by atoms with Crippen molar-refractivity contribution >= 4 is 74.2 Å². The summed E-state index contributed by atoms with van der Waals surface area (Å²) in [7, 11) is 0. The van der Waals surface area contributed by atoms with Gasteiger partial charge in [-0.15, -0.1) is 0 Å². The Morgan fingerprint density at radius 2 is 1.00 bits per heavy atom. The second-order valence-corrected chi connectivity index (χ2v) is 0. The van der Waals surface area contributed by atoms with Gasteiger partial charge in [-0.1, -0.05) is 0 Å². The molecule has 0 fully saturated rings. The van der Waals surface area contributed by atoms with E-state index >= 15 is 0 Å². The summed E-state index contributed by atoms with van der Waals surface area (Å²) in [5, 5.41) is 0. The first-order chi connectivity index (χ1) is 2.00. The van der Waals surface area contributed by atoms with Gasteiger partial charge in [0.25, 0.3) is 0 Å². The summed E-state index contributed by atoms with van der Waals surface area (Å²) in [6.07, 6.45) is 0. The van der Waals surface area contributed by atoms with E-state index < -0.39 is 0 Å². The van der Waals surface area contributed by atoms with Crippen molar-refractivity contribution in [2.75, 3.05) is 0 Å². The maximum Gasteiger partial charge on any atom is 0 e. The van der Waals surface area contributed by atoms with Gasteiger partial charge in [0, 0.05) is 41.9 Å². The Morgan fingerprint density at radius 3 is 1.00 bits per heavy atom. The van der Waals surface area contributed by atoms with Crippen LogP contribution in [0, 0.1) is 0 Å². The van der Waals surface area contributed by atoms with Gasteiger partial charge in [0.1, 0.15) is 0 Å². The zero-order chi connectivity index (χ0) is 4.00. The molecule has 0 saturated carbocycles. The molecule has 0 saturated heterocycles. The first kappa shape index (κ1) is 40.0. The minimum Gasteiger partial charge on any atom is 0 e. The van der Waals surface area contributed by atoms with E-state index in [0.29, 0.717) is 22.5 Å². The molecule has 2 nitrogen and oxygen atoms in total. The summed E-state index contributed by atoms with van der Waals surface area (Å²) < 4.78 is 16.7. The maximum atomic E-state index is 8.38. The van der Waals surface area contributed by atoms with Crippen molar-refractivity contribution in [2.24, 2.45) is 0 Å². The Kier molecular flexibility index (Phi) is 335. The number of hydrogen-bond acceptors (Lipinski definition) is 2. The van der Waals surface area contributed by atoms with E-state index in [1.807, 2.05) is 0 Å². The van der Waals surface area contributed by atoms with E-state index in [1.54, 1.807) is 0 Å². The second kappa shape index (κ2) is 67.0. The molecule has 0 heterocycles. The average molecular weight is 625 g/mol. The molecule has 43 valence electrons. The molecule has 0 aliphatic rings. The van der Waals surface area contributed by atoms with Crippen molar-refractivity contribution < 1.29 is 66.8 Å². The van der Waals surface area contributed by atoms with Crippen LogP contribution < -0.4 is 0 Å². The molecule has 0 aromatic heterocycles. The van der Waals surface area contributed by atoms with Crippen LogP contribution in [0.5, 0.6) is 0 Å². The van der Waals surface area contributed by atoms with E-state index in [0.717, 1.165) is 0 Å². The fourth-order valence-electron chi connectivity index (χ4n) is 0. The summed E-state index contributed by atoms with van der Waals surface area (Å²) in [4.78, 5) is 0. The van der Waals surface area contributed by atoms with Crippen LogP contribution in [0.1, 0.15) is 0 Å². The molecule has 0 rings (SSSR count). The van der Waals surface area contributed by atoms with Crippen LogP contribution in [0.3, 0.4) is 0 Å². The van der Waals surface area contributed by atoms with Crippen molar-refractivity contribution in [3.8, 4) is 0 Å². The van der Waals surface area contributed by atoms with Crippen molar-refractivity contribution in [3.05, 3.63) is 0 Å². The SMILES string of the molecule is [Ag].[InH3].[InH3].[O]=[Sn].[O]=[Zn].[Zn]. The smallest absolute Gasteiger partial charge is 0 e. The molecule has 3 radical (unpaired) electrons. The van der Waals surface area contributed by atoms with Crippen LogP contribution in [0.2, 0.25) is 0 Å². The van der Waals surface area contributed by atoms with Crippen molar-refractivity contribution in [3.63, 3.8) is 0 Å². The molecule has 0 aliphatic heterocycles. The van der Waals surface area contributed by atoms with Crippen LogP contribution in [0.15, 0.2) is 0 Å². The zero-order valence-corrected chi connectivity index (χ0v) is 13.3. The van der Waals surface area contributed by atoms with E-state index in [9.17, 15) is 0 Å². The molecular weight excluding hydrogens is 619 g/mol. The van der Waals surface area contributed by atoms with E-state index in [1.165, 1.54) is 0 Å². The third-order valence-electron chi connectivity index (χ3n) is 0. The maximum absolute atomic E-state index is 8.38. The molecule has 0 N–H and O–H groups in total. The molecule has 0 spiro atoms.